The number of nitrogens with one attached hydrogen (secondary N) is 2. The lowest BCUT2D eigenvalue weighted by Gasteiger charge is -2.23. The molecule has 0 bridgehead atoms. The zero-order valence-corrected chi connectivity index (χ0v) is 15.0. The van der Waals surface area contributed by atoms with E-state index in [0.29, 0.717) is 12.1 Å². The zero-order valence-electron chi connectivity index (χ0n) is 14.2. The summed E-state index contributed by atoms with van der Waals surface area (Å²) in [5.74, 6) is -0.202. The van der Waals surface area contributed by atoms with Crippen molar-refractivity contribution in [2.24, 2.45) is 17.6 Å². The first-order valence-corrected chi connectivity index (χ1v) is 7.73. The topological polar surface area (TPSA) is 84.2 Å². The quantitative estimate of drug-likeness (QED) is 0.523. The number of nitrogens with two attached hydrogens (primary N) is 1. The summed E-state index contributed by atoms with van der Waals surface area (Å²) in [6.45, 7) is 7.78. The minimum atomic E-state index is -0.612. The van der Waals surface area contributed by atoms with Gasteiger partial charge >= 0.3 is 0 Å². The smallest absolute Gasteiger partial charge is 0.246 e. The summed E-state index contributed by atoms with van der Waals surface area (Å²) >= 11 is 0. The summed E-state index contributed by atoms with van der Waals surface area (Å²) in [4.78, 5) is 24.5. The molecule has 0 radical (unpaired) electrons. The average molecular weight is 348 g/mol. The highest BCUT2D eigenvalue weighted by atomic mass is 35.5. The summed E-state index contributed by atoms with van der Waals surface area (Å²) in [6, 6.07) is 8.00. The largest absolute Gasteiger partial charge is 0.343 e. The van der Waals surface area contributed by atoms with Crippen molar-refractivity contribution in [2.45, 2.75) is 46.2 Å². The van der Waals surface area contributed by atoms with E-state index >= 15 is 0 Å². The van der Waals surface area contributed by atoms with E-state index in [1.165, 1.54) is 0 Å². The third kappa shape index (κ3) is 7.48. The fraction of sp³-hybridized carbons (Fsp3) is 0.529. The Bertz CT molecular complexity index is 492. The molecule has 0 saturated heterocycles. The lowest BCUT2D eigenvalue weighted by atomic mass is 10.0. The van der Waals surface area contributed by atoms with Gasteiger partial charge in [-0.3, -0.25) is 9.59 Å². The first-order chi connectivity index (χ1) is 10.3. The van der Waals surface area contributed by atoms with E-state index < -0.39 is 12.1 Å². The molecule has 2 atom stereocenters. The Labute approximate surface area is 144 Å². The number of anilines is 1. The fourth-order valence-corrected chi connectivity index (χ4v) is 2.02. The molecule has 0 fully saturated rings. The highest BCUT2D eigenvalue weighted by molar-refractivity contribution is 5.97. The van der Waals surface area contributed by atoms with Gasteiger partial charge in [0.25, 0.3) is 0 Å². The molecule has 1 aromatic carbocycles. The average Bonchev–Trinajstić information content (AvgIpc) is 2.46. The Kier molecular flexibility index (Phi) is 9.53. The van der Waals surface area contributed by atoms with E-state index in [0.717, 1.165) is 0 Å². The number of carbonyl (C=O) groups is 2. The molecule has 23 heavy (non-hydrogen) atoms. The van der Waals surface area contributed by atoms with Crippen molar-refractivity contribution in [3.05, 3.63) is 30.3 Å². The number of hydrogen-bond donors (Lipinski definition) is 3. The molecule has 0 saturated carbocycles. The molecule has 1 rings (SSSR count). The second kappa shape index (κ2) is 10.2. The Hall–Kier alpha value is -1.59. The van der Waals surface area contributed by atoms with Crippen LogP contribution in [0.15, 0.2) is 30.3 Å². The third-order valence-electron chi connectivity index (χ3n) is 3.40. The minimum Gasteiger partial charge on any atom is -0.343 e. The second-order valence-electron chi connectivity index (χ2n) is 6.32. The number of carbonyl (C=O) groups excluding carboxylic acids is 2. The SMILES string of the molecule is CC(C)C[C@H](N[13C](=O)[13C@H]([15NH2])[13CH]([13CH3])[13CH3])C(=O)Nc1ccccc1.Cl. The van der Waals surface area contributed by atoms with Crippen LogP contribution in [0.4, 0.5) is 5.69 Å². The third-order valence-corrected chi connectivity index (χ3v) is 3.40. The van der Waals surface area contributed by atoms with Crippen molar-refractivity contribution in [1.82, 2.24) is 5.32 Å². The summed E-state index contributed by atoms with van der Waals surface area (Å²) in [5, 5.41) is 5.60. The summed E-state index contributed by atoms with van der Waals surface area (Å²) in [7, 11) is 0. The maximum absolute atomic E-state index is 12.4. The van der Waals surface area contributed by atoms with E-state index in [9.17, 15) is 9.59 Å². The van der Waals surface area contributed by atoms with Crippen LogP contribution >= 0.6 is 12.4 Å². The lowest BCUT2D eigenvalue weighted by Crippen LogP contribution is -2.52. The molecule has 6 heteroatoms. The van der Waals surface area contributed by atoms with Gasteiger partial charge in [0.15, 0.2) is 0 Å². The zero-order chi connectivity index (χ0) is 16.7. The first kappa shape index (κ1) is 21.4. The van der Waals surface area contributed by atoms with Gasteiger partial charge in [0.1, 0.15) is 6.04 Å². The standard InChI is InChI=1S/C17H27N3O2.ClH/c1-11(2)10-14(20-17(22)15(18)12(3)4)16(21)19-13-8-6-5-7-9-13;/h5-9,11-12,14-15H,10,18H2,1-4H3,(H,19,21)(H,20,22);1H/t14-,15+;/m0./s1/i3+1,4+1,12+1,15+1,17+1,18+1;. The van der Waals surface area contributed by atoms with Crippen LogP contribution in [0.2, 0.25) is 0 Å². The van der Waals surface area contributed by atoms with Crippen molar-refractivity contribution in [3.63, 3.8) is 0 Å². The van der Waals surface area contributed by atoms with Gasteiger partial charge < -0.3 is 16.4 Å². The molecule has 0 aliphatic carbocycles. The molecule has 0 aliphatic heterocycles. The molecule has 130 valence electrons. The molecular weight excluding hydrogens is 320 g/mol. The molecule has 0 spiro atoms. The Balaban J connectivity index is 0.00000484. The molecule has 0 aromatic heterocycles. The van der Waals surface area contributed by atoms with Gasteiger partial charge in [0.05, 0.1) is 6.04 Å². The number of hydrogen-bond acceptors (Lipinski definition) is 3. The monoisotopic (exact) mass is 347 g/mol. The van der Waals surface area contributed by atoms with E-state index in [2.05, 4.69) is 10.6 Å². The molecule has 2 amide bonds. The van der Waals surface area contributed by atoms with Crippen LogP contribution in [0.5, 0.6) is 0 Å². The van der Waals surface area contributed by atoms with Crippen molar-refractivity contribution in [3.8, 4) is 0 Å². The Morgan fingerprint density at radius 3 is 2.09 bits per heavy atom. The molecular formula is C17H28ClN3O2. The second-order valence-corrected chi connectivity index (χ2v) is 6.32. The summed E-state index contributed by atoms with van der Waals surface area (Å²) in [6.07, 6.45) is 0.565. The van der Waals surface area contributed by atoms with Gasteiger partial charge in [-0.25, -0.2) is 0 Å². The number of rotatable bonds is 7. The van der Waals surface area contributed by atoms with E-state index in [-0.39, 0.29) is 36.1 Å². The van der Waals surface area contributed by atoms with Crippen LogP contribution < -0.4 is 16.4 Å². The molecule has 4 N–H and O–H groups in total. The van der Waals surface area contributed by atoms with Crippen LogP contribution in [-0.2, 0) is 9.59 Å². The van der Waals surface area contributed by atoms with Crippen molar-refractivity contribution in [2.75, 3.05) is 5.32 Å². The number of para-hydroxylation sites is 1. The van der Waals surface area contributed by atoms with Gasteiger partial charge in [0.2, 0.25) is 11.8 Å². The predicted octanol–water partition coefficient (Wildman–Crippen LogP) is 2.56. The fourth-order valence-electron chi connectivity index (χ4n) is 2.02. The van der Waals surface area contributed by atoms with Gasteiger partial charge in [-0.1, -0.05) is 45.9 Å². The van der Waals surface area contributed by atoms with Crippen LogP contribution in [0, 0.1) is 11.8 Å². The Morgan fingerprint density at radius 1 is 1.04 bits per heavy atom. The number of amides is 2. The van der Waals surface area contributed by atoms with Crippen LogP contribution in [0.3, 0.4) is 0 Å². The highest BCUT2D eigenvalue weighted by Gasteiger charge is 2.25. The predicted molar refractivity (Wildman–Crippen MR) is 96.5 cm³/mol. The molecule has 1 aromatic rings. The maximum atomic E-state index is 12.4. The van der Waals surface area contributed by atoms with Crippen LogP contribution in [0.25, 0.3) is 0 Å². The molecule has 5 nitrogen and oxygen atoms in total. The van der Waals surface area contributed by atoms with E-state index in [1.54, 1.807) is 0 Å². The van der Waals surface area contributed by atoms with Crippen molar-refractivity contribution >= 4 is 29.9 Å². The Morgan fingerprint density at radius 2 is 1.61 bits per heavy atom. The molecule has 0 aliphatic rings. The van der Waals surface area contributed by atoms with Crippen molar-refractivity contribution < 1.29 is 9.59 Å². The number of benzene rings is 1. The van der Waals surface area contributed by atoms with Crippen LogP contribution in [0.1, 0.15) is 34.1 Å². The van der Waals surface area contributed by atoms with Crippen molar-refractivity contribution in [1.29, 1.82) is 0 Å². The normalized spacial score (nSPS) is 13.2. The van der Waals surface area contributed by atoms with E-state index in [4.69, 9.17) is 5.73 Å². The van der Waals surface area contributed by atoms with Gasteiger partial charge in [-0.05, 0) is 30.4 Å². The first-order valence-electron chi connectivity index (χ1n) is 7.73. The van der Waals surface area contributed by atoms with Crippen LogP contribution in [-0.4, -0.2) is 23.9 Å². The van der Waals surface area contributed by atoms with E-state index in [1.807, 2.05) is 58.0 Å². The summed E-state index contributed by atoms with van der Waals surface area (Å²) in [5.41, 5.74) is 6.56. The maximum Gasteiger partial charge on any atom is 0.246 e. The van der Waals surface area contributed by atoms with Gasteiger partial charge in [-0.2, -0.15) is 0 Å². The summed E-state index contributed by atoms with van der Waals surface area (Å²) < 4.78 is 0. The number of halogens is 1. The highest BCUT2D eigenvalue weighted by Crippen LogP contribution is 2.11. The molecule has 0 heterocycles. The molecule has 0 unspecified atom stereocenters. The van der Waals surface area contributed by atoms with Gasteiger partial charge in [-0.15, -0.1) is 12.4 Å². The lowest BCUT2D eigenvalue weighted by molar-refractivity contribution is -0.128. The minimum absolute atomic E-state index is 0. The van der Waals surface area contributed by atoms with Gasteiger partial charge in [0, 0.05) is 5.69 Å².